The Balaban J connectivity index is 2.16. The van der Waals surface area contributed by atoms with Crippen LogP contribution in [0.4, 0.5) is 8.78 Å². The molecule has 0 aliphatic heterocycles. The Kier molecular flexibility index (Phi) is 5.09. The number of benzene rings is 1. The zero-order valence-electron chi connectivity index (χ0n) is 11.7. The number of halogens is 2. The SMILES string of the molecule is C[C@H](Cn1cccn1)NS(=O)(=O)c1ccccc1OC(F)F. The molecule has 0 spiro atoms. The first kappa shape index (κ1) is 16.4. The molecule has 2 aromatic rings. The quantitative estimate of drug-likeness (QED) is 0.840. The Bertz CT molecular complexity index is 705. The van der Waals surface area contributed by atoms with Crippen LogP contribution >= 0.6 is 0 Å². The topological polar surface area (TPSA) is 73.2 Å². The second-order valence-electron chi connectivity index (χ2n) is 4.58. The van der Waals surface area contributed by atoms with Crippen LogP contribution in [0.5, 0.6) is 5.75 Å². The maximum absolute atomic E-state index is 12.4. The summed E-state index contributed by atoms with van der Waals surface area (Å²) in [6.07, 6.45) is 3.27. The van der Waals surface area contributed by atoms with Gasteiger partial charge in [0.15, 0.2) is 0 Å². The van der Waals surface area contributed by atoms with E-state index < -0.39 is 28.4 Å². The van der Waals surface area contributed by atoms with Gasteiger partial charge in [-0.25, -0.2) is 13.1 Å². The number of sulfonamides is 1. The van der Waals surface area contributed by atoms with E-state index in [4.69, 9.17) is 0 Å². The highest BCUT2D eigenvalue weighted by molar-refractivity contribution is 7.89. The average Bonchev–Trinajstić information content (AvgIpc) is 2.90. The molecule has 9 heteroatoms. The molecule has 0 unspecified atom stereocenters. The van der Waals surface area contributed by atoms with Crippen molar-refractivity contribution in [3.8, 4) is 5.75 Å². The smallest absolute Gasteiger partial charge is 0.387 e. The summed E-state index contributed by atoms with van der Waals surface area (Å²) in [7, 11) is -3.99. The molecule has 0 aliphatic rings. The normalized spacial score (nSPS) is 13.3. The molecule has 0 amide bonds. The first-order valence-electron chi connectivity index (χ1n) is 6.42. The van der Waals surface area contributed by atoms with Crippen molar-refractivity contribution in [2.45, 2.75) is 31.0 Å². The number of hydrogen-bond acceptors (Lipinski definition) is 4. The summed E-state index contributed by atoms with van der Waals surface area (Å²) in [6.45, 7) is -1.14. The zero-order chi connectivity index (χ0) is 16.2. The van der Waals surface area contributed by atoms with E-state index in [1.807, 2.05) is 0 Å². The predicted molar refractivity (Wildman–Crippen MR) is 75.1 cm³/mol. The van der Waals surface area contributed by atoms with Crippen LogP contribution in [0.15, 0.2) is 47.6 Å². The number of para-hydroxylation sites is 1. The maximum atomic E-state index is 12.4. The van der Waals surface area contributed by atoms with E-state index in [1.54, 1.807) is 30.1 Å². The Hall–Kier alpha value is -2.00. The van der Waals surface area contributed by atoms with Gasteiger partial charge >= 0.3 is 6.61 Å². The third-order valence-corrected chi connectivity index (χ3v) is 4.36. The molecule has 1 aromatic heterocycles. The Labute approximate surface area is 126 Å². The minimum absolute atomic E-state index is 0.310. The van der Waals surface area contributed by atoms with Crippen LogP contribution in [0.25, 0.3) is 0 Å². The highest BCUT2D eigenvalue weighted by Crippen LogP contribution is 2.25. The summed E-state index contributed by atoms with van der Waals surface area (Å²) < 4.78 is 57.5. The lowest BCUT2D eigenvalue weighted by atomic mass is 10.3. The summed E-state index contributed by atoms with van der Waals surface area (Å²) >= 11 is 0. The lowest BCUT2D eigenvalue weighted by Crippen LogP contribution is -2.36. The average molecular weight is 331 g/mol. The van der Waals surface area contributed by atoms with E-state index in [1.165, 1.54) is 24.3 Å². The first-order valence-corrected chi connectivity index (χ1v) is 7.90. The van der Waals surface area contributed by atoms with Crippen LogP contribution in [0, 0.1) is 0 Å². The van der Waals surface area contributed by atoms with E-state index in [2.05, 4.69) is 14.6 Å². The van der Waals surface area contributed by atoms with Crippen molar-refractivity contribution in [1.82, 2.24) is 14.5 Å². The second kappa shape index (κ2) is 6.84. The molecule has 0 saturated carbocycles. The highest BCUT2D eigenvalue weighted by atomic mass is 32.2. The van der Waals surface area contributed by atoms with Gasteiger partial charge in [-0.2, -0.15) is 13.9 Å². The van der Waals surface area contributed by atoms with Crippen molar-refractivity contribution in [2.75, 3.05) is 0 Å². The van der Waals surface area contributed by atoms with Crippen molar-refractivity contribution in [3.05, 3.63) is 42.7 Å². The van der Waals surface area contributed by atoms with Crippen LogP contribution < -0.4 is 9.46 Å². The molecule has 6 nitrogen and oxygen atoms in total. The number of rotatable bonds is 7. The predicted octanol–water partition coefficient (Wildman–Crippen LogP) is 1.85. The summed E-state index contributed by atoms with van der Waals surface area (Å²) in [5, 5.41) is 3.97. The van der Waals surface area contributed by atoms with Crippen LogP contribution in [0.3, 0.4) is 0 Å². The maximum Gasteiger partial charge on any atom is 0.387 e. The summed E-state index contributed by atoms with van der Waals surface area (Å²) in [5.74, 6) is -0.392. The minimum atomic E-state index is -3.99. The Morgan fingerprint density at radius 1 is 1.32 bits per heavy atom. The second-order valence-corrected chi connectivity index (χ2v) is 6.26. The zero-order valence-corrected chi connectivity index (χ0v) is 12.5. The van der Waals surface area contributed by atoms with E-state index in [-0.39, 0.29) is 4.90 Å². The van der Waals surface area contributed by atoms with E-state index >= 15 is 0 Å². The highest BCUT2D eigenvalue weighted by Gasteiger charge is 2.23. The lowest BCUT2D eigenvalue weighted by molar-refractivity contribution is -0.0517. The van der Waals surface area contributed by atoms with Crippen molar-refractivity contribution in [2.24, 2.45) is 0 Å². The number of alkyl halides is 2. The standard InChI is InChI=1S/C13H15F2N3O3S/c1-10(9-18-8-4-7-16-18)17-22(19,20)12-6-3-2-5-11(12)21-13(14)15/h2-8,10,13,17H,9H2,1H3/t10-/m1/s1. The van der Waals surface area contributed by atoms with Gasteiger partial charge in [0.05, 0.1) is 6.54 Å². The molecule has 0 saturated heterocycles. The number of nitrogens with zero attached hydrogens (tertiary/aromatic N) is 2. The summed E-state index contributed by atoms with van der Waals surface area (Å²) in [5.41, 5.74) is 0. The molecule has 1 atom stereocenters. The van der Waals surface area contributed by atoms with E-state index in [0.717, 1.165) is 0 Å². The largest absolute Gasteiger partial charge is 0.433 e. The van der Waals surface area contributed by atoms with Gasteiger partial charge < -0.3 is 4.74 Å². The molecular weight excluding hydrogens is 316 g/mol. The Morgan fingerprint density at radius 2 is 2.05 bits per heavy atom. The lowest BCUT2D eigenvalue weighted by Gasteiger charge is -2.16. The van der Waals surface area contributed by atoms with Crippen molar-refractivity contribution < 1.29 is 21.9 Å². The van der Waals surface area contributed by atoms with E-state index in [0.29, 0.717) is 6.54 Å². The Morgan fingerprint density at radius 3 is 2.68 bits per heavy atom. The van der Waals surface area contributed by atoms with Gasteiger partial charge in [-0.1, -0.05) is 12.1 Å². The number of aromatic nitrogens is 2. The van der Waals surface area contributed by atoms with Gasteiger partial charge in [0.1, 0.15) is 10.6 Å². The number of nitrogens with one attached hydrogen (secondary N) is 1. The van der Waals surface area contributed by atoms with Gasteiger partial charge in [0.25, 0.3) is 0 Å². The van der Waals surface area contributed by atoms with Crippen molar-refractivity contribution in [3.63, 3.8) is 0 Å². The third kappa shape index (κ3) is 4.25. The molecule has 0 aliphatic carbocycles. The molecule has 0 radical (unpaired) electrons. The van der Waals surface area contributed by atoms with Gasteiger partial charge in [-0.05, 0) is 25.1 Å². The fourth-order valence-electron chi connectivity index (χ4n) is 1.92. The van der Waals surface area contributed by atoms with Crippen molar-refractivity contribution >= 4 is 10.0 Å². The number of ether oxygens (including phenoxy) is 1. The minimum Gasteiger partial charge on any atom is -0.433 e. The third-order valence-electron chi connectivity index (χ3n) is 2.73. The van der Waals surface area contributed by atoms with Gasteiger partial charge in [-0.15, -0.1) is 0 Å². The molecule has 120 valence electrons. The van der Waals surface area contributed by atoms with Crippen LogP contribution in [-0.2, 0) is 16.6 Å². The van der Waals surface area contributed by atoms with Crippen molar-refractivity contribution in [1.29, 1.82) is 0 Å². The van der Waals surface area contributed by atoms with Gasteiger partial charge in [-0.3, -0.25) is 4.68 Å². The van der Waals surface area contributed by atoms with Crippen LogP contribution in [0.1, 0.15) is 6.92 Å². The molecule has 0 fully saturated rings. The molecular formula is C13H15F2N3O3S. The molecule has 1 N–H and O–H groups in total. The molecule has 1 heterocycles. The molecule has 0 bridgehead atoms. The molecule has 1 aromatic carbocycles. The monoisotopic (exact) mass is 331 g/mol. The first-order chi connectivity index (χ1) is 10.4. The summed E-state index contributed by atoms with van der Waals surface area (Å²) in [4.78, 5) is -0.331. The summed E-state index contributed by atoms with van der Waals surface area (Å²) in [6, 6.07) is 6.48. The fourth-order valence-corrected chi connectivity index (χ4v) is 3.29. The van der Waals surface area contributed by atoms with Crippen LogP contribution in [-0.4, -0.2) is 30.9 Å². The molecule has 22 heavy (non-hydrogen) atoms. The molecule has 2 rings (SSSR count). The van der Waals surface area contributed by atoms with E-state index in [9.17, 15) is 17.2 Å². The van der Waals surface area contributed by atoms with Gasteiger partial charge in [0.2, 0.25) is 10.0 Å². The van der Waals surface area contributed by atoms with Crippen LogP contribution in [0.2, 0.25) is 0 Å². The van der Waals surface area contributed by atoms with Gasteiger partial charge in [0, 0.05) is 18.4 Å². The number of hydrogen-bond donors (Lipinski definition) is 1. The fraction of sp³-hybridized carbons (Fsp3) is 0.308.